The van der Waals surface area contributed by atoms with Crippen LogP contribution in [0.4, 0.5) is 0 Å². The molecule has 86 valence electrons. The van der Waals surface area contributed by atoms with Crippen molar-refractivity contribution in [2.24, 2.45) is 0 Å². The number of phenols is 1. The SMILES string of the molecule is CC(C)n1nc2cccc(O)c2c1CCO. The van der Waals surface area contributed by atoms with Crippen molar-refractivity contribution in [3.8, 4) is 5.75 Å². The fraction of sp³-hybridized carbons (Fsp3) is 0.417. The van der Waals surface area contributed by atoms with Crippen LogP contribution in [0.25, 0.3) is 10.9 Å². The second kappa shape index (κ2) is 4.14. The van der Waals surface area contributed by atoms with E-state index in [-0.39, 0.29) is 18.4 Å². The summed E-state index contributed by atoms with van der Waals surface area (Å²) < 4.78 is 1.86. The van der Waals surface area contributed by atoms with Gasteiger partial charge in [0, 0.05) is 19.1 Å². The lowest BCUT2D eigenvalue weighted by molar-refractivity contribution is 0.294. The van der Waals surface area contributed by atoms with Crippen molar-refractivity contribution in [1.29, 1.82) is 0 Å². The summed E-state index contributed by atoms with van der Waals surface area (Å²) in [6.07, 6.45) is 0.506. The maximum atomic E-state index is 9.84. The van der Waals surface area contributed by atoms with Gasteiger partial charge in [0.25, 0.3) is 0 Å². The van der Waals surface area contributed by atoms with Crippen LogP contribution >= 0.6 is 0 Å². The van der Waals surface area contributed by atoms with Crippen LogP contribution in [0.1, 0.15) is 25.6 Å². The molecule has 0 atom stereocenters. The molecule has 0 aliphatic carbocycles. The predicted molar refractivity (Wildman–Crippen MR) is 62.6 cm³/mol. The van der Waals surface area contributed by atoms with Gasteiger partial charge >= 0.3 is 0 Å². The predicted octanol–water partition coefficient (Wildman–Crippen LogP) is 1.86. The molecule has 0 spiro atoms. The van der Waals surface area contributed by atoms with Gasteiger partial charge in [-0.3, -0.25) is 4.68 Å². The molecule has 1 aromatic carbocycles. The quantitative estimate of drug-likeness (QED) is 0.830. The van der Waals surface area contributed by atoms with E-state index in [2.05, 4.69) is 5.10 Å². The number of nitrogens with zero attached hydrogens (tertiary/aromatic N) is 2. The molecule has 0 amide bonds. The van der Waals surface area contributed by atoms with Gasteiger partial charge in [0.1, 0.15) is 5.75 Å². The third kappa shape index (κ3) is 1.65. The van der Waals surface area contributed by atoms with Crippen molar-refractivity contribution in [2.45, 2.75) is 26.3 Å². The first-order valence-corrected chi connectivity index (χ1v) is 5.45. The van der Waals surface area contributed by atoms with E-state index < -0.39 is 0 Å². The van der Waals surface area contributed by atoms with Crippen LogP contribution in [0, 0.1) is 0 Å². The van der Waals surface area contributed by atoms with Gasteiger partial charge in [-0.2, -0.15) is 5.10 Å². The van der Waals surface area contributed by atoms with Gasteiger partial charge in [0.15, 0.2) is 0 Å². The number of rotatable bonds is 3. The number of benzene rings is 1. The van der Waals surface area contributed by atoms with E-state index in [1.165, 1.54) is 0 Å². The van der Waals surface area contributed by atoms with E-state index >= 15 is 0 Å². The second-order valence-electron chi connectivity index (χ2n) is 4.13. The molecule has 0 aliphatic rings. The third-order valence-electron chi connectivity index (χ3n) is 2.64. The molecule has 0 saturated heterocycles. The average molecular weight is 220 g/mol. The summed E-state index contributed by atoms with van der Waals surface area (Å²) in [5.41, 5.74) is 1.67. The van der Waals surface area contributed by atoms with Gasteiger partial charge in [-0.15, -0.1) is 0 Å². The van der Waals surface area contributed by atoms with E-state index in [1.807, 2.05) is 24.6 Å². The molecule has 0 aliphatic heterocycles. The Kier molecular flexibility index (Phi) is 2.83. The van der Waals surface area contributed by atoms with Gasteiger partial charge in [0.05, 0.1) is 16.6 Å². The minimum Gasteiger partial charge on any atom is -0.507 e. The van der Waals surface area contributed by atoms with Crippen LogP contribution < -0.4 is 0 Å². The first-order valence-electron chi connectivity index (χ1n) is 5.45. The maximum absolute atomic E-state index is 9.84. The van der Waals surface area contributed by atoms with E-state index in [1.54, 1.807) is 12.1 Å². The first kappa shape index (κ1) is 11.0. The topological polar surface area (TPSA) is 58.3 Å². The standard InChI is InChI=1S/C12H16N2O2/c1-8(2)14-10(6-7-15)12-9(13-14)4-3-5-11(12)16/h3-5,8,15-16H,6-7H2,1-2H3. The summed E-state index contributed by atoms with van der Waals surface area (Å²) in [6.45, 7) is 4.12. The molecule has 0 bridgehead atoms. The van der Waals surface area contributed by atoms with Crippen molar-refractivity contribution in [2.75, 3.05) is 6.61 Å². The lowest BCUT2D eigenvalue weighted by Gasteiger charge is -2.10. The van der Waals surface area contributed by atoms with Crippen LogP contribution in [-0.4, -0.2) is 26.6 Å². The number of phenolic OH excluding ortho intramolecular Hbond substituents is 1. The van der Waals surface area contributed by atoms with Crippen LogP contribution in [0.2, 0.25) is 0 Å². The van der Waals surface area contributed by atoms with Gasteiger partial charge in [-0.1, -0.05) is 6.07 Å². The number of hydrogen-bond acceptors (Lipinski definition) is 3. The highest BCUT2D eigenvalue weighted by molar-refractivity contribution is 5.87. The van der Waals surface area contributed by atoms with Gasteiger partial charge in [-0.25, -0.2) is 0 Å². The highest BCUT2D eigenvalue weighted by atomic mass is 16.3. The first-order chi connectivity index (χ1) is 7.65. The molecule has 0 unspecified atom stereocenters. The Labute approximate surface area is 94.1 Å². The zero-order chi connectivity index (χ0) is 11.7. The molecule has 2 N–H and O–H groups in total. The Morgan fingerprint density at radius 3 is 2.75 bits per heavy atom. The maximum Gasteiger partial charge on any atom is 0.126 e. The fourth-order valence-electron chi connectivity index (χ4n) is 1.97. The molecule has 0 fully saturated rings. The molecular formula is C12H16N2O2. The lowest BCUT2D eigenvalue weighted by Crippen LogP contribution is -2.08. The molecule has 16 heavy (non-hydrogen) atoms. The Morgan fingerprint density at radius 2 is 2.12 bits per heavy atom. The van der Waals surface area contributed by atoms with Crippen molar-refractivity contribution < 1.29 is 10.2 Å². The average Bonchev–Trinajstić information content (AvgIpc) is 2.59. The van der Waals surface area contributed by atoms with Crippen molar-refractivity contribution in [3.05, 3.63) is 23.9 Å². The third-order valence-corrected chi connectivity index (χ3v) is 2.64. The highest BCUT2D eigenvalue weighted by Gasteiger charge is 2.15. The molecule has 1 aromatic heterocycles. The van der Waals surface area contributed by atoms with Gasteiger partial charge < -0.3 is 10.2 Å². The zero-order valence-electron chi connectivity index (χ0n) is 9.51. The van der Waals surface area contributed by atoms with Crippen molar-refractivity contribution in [3.63, 3.8) is 0 Å². The Morgan fingerprint density at radius 1 is 1.38 bits per heavy atom. The molecule has 4 heteroatoms. The smallest absolute Gasteiger partial charge is 0.126 e. The Hall–Kier alpha value is -1.55. The summed E-state index contributed by atoms with van der Waals surface area (Å²) in [7, 11) is 0. The summed E-state index contributed by atoms with van der Waals surface area (Å²) in [5, 5.41) is 24.1. The molecular weight excluding hydrogens is 204 g/mol. The van der Waals surface area contributed by atoms with E-state index in [0.717, 1.165) is 16.6 Å². The van der Waals surface area contributed by atoms with Crippen LogP contribution in [0.5, 0.6) is 5.75 Å². The number of hydrogen-bond donors (Lipinski definition) is 2. The molecule has 0 radical (unpaired) electrons. The number of aliphatic hydroxyl groups excluding tert-OH is 1. The zero-order valence-corrected chi connectivity index (χ0v) is 9.51. The number of aliphatic hydroxyl groups is 1. The molecule has 4 nitrogen and oxygen atoms in total. The highest BCUT2D eigenvalue weighted by Crippen LogP contribution is 2.29. The summed E-state index contributed by atoms with van der Waals surface area (Å²) in [4.78, 5) is 0. The monoisotopic (exact) mass is 220 g/mol. The summed E-state index contributed by atoms with van der Waals surface area (Å²) in [5.74, 6) is 0.229. The van der Waals surface area contributed by atoms with Crippen molar-refractivity contribution >= 4 is 10.9 Å². The van der Waals surface area contributed by atoms with Gasteiger partial charge in [-0.05, 0) is 26.0 Å². The lowest BCUT2D eigenvalue weighted by atomic mass is 10.1. The molecule has 1 heterocycles. The van der Waals surface area contributed by atoms with E-state index in [0.29, 0.717) is 6.42 Å². The van der Waals surface area contributed by atoms with Crippen molar-refractivity contribution in [1.82, 2.24) is 9.78 Å². The fourth-order valence-corrected chi connectivity index (χ4v) is 1.97. The van der Waals surface area contributed by atoms with E-state index in [4.69, 9.17) is 5.11 Å². The second-order valence-corrected chi connectivity index (χ2v) is 4.13. The summed E-state index contributed by atoms with van der Waals surface area (Å²) >= 11 is 0. The minimum absolute atomic E-state index is 0.0574. The molecule has 2 rings (SSSR count). The Balaban J connectivity index is 2.72. The van der Waals surface area contributed by atoms with Crippen LogP contribution in [0.15, 0.2) is 18.2 Å². The number of fused-ring (bicyclic) bond motifs is 1. The van der Waals surface area contributed by atoms with Gasteiger partial charge in [0.2, 0.25) is 0 Å². The normalized spacial score (nSPS) is 11.5. The Bertz CT molecular complexity index is 503. The summed E-state index contributed by atoms with van der Waals surface area (Å²) in [6, 6.07) is 5.51. The molecule has 2 aromatic rings. The number of aromatic hydroxyl groups is 1. The minimum atomic E-state index is 0.0574. The van der Waals surface area contributed by atoms with Crippen LogP contribution in [-0.2, 0) is 6.42 Å². The number of aromatic nitrogens is 2. The largest absolute Gasteiger partial charge is 0.507 e. The van der Waals surface area contributed by atoms with E-state index in [9.17, 15) is 5.11 Å². The molecule has 0 saturated carbocycles. The van der Waals surface area contributed by atoms with Crippen LogP contribution in [0.3, 0.4) is 0 Å².